The van der Waals surface area contributed by atoms with Gasteiger partial charge in [-0.1, -0.05) is 6.07 Å². The molecule has 0 unspecified atom stereocenters. The minimum absolute atomic E-state index is 0.776. The van der Waals surface area contributed by atoms with Gasteiger partial charge in [0, 0.05) is 19.1 Å². The monoisotopic (exact) mass is 432 g/mol. The van der Waals surface area contributed by atoms with Gasteiger partial charge < -0.3 is 11.1 Å². The summed E-state index contributed by atoms with van der Waals surface area (Å²) in [7, 11) is 0. The van der Waals surface area contributed by atoms with Crippen LogP contribution in [0.15, 0.2) is 43.7 Å². The molecule has 0 saturated heterocycles. The molecular formula is C13H11Br3N2. The number of halogens is 3. The van der Waals surface area contributed by atoms with Crippen LogP contribution in [-0.2, 0) is 0 Å². The van der Waals surface area contributed by atoms with E-state index in [1.54, 1.807) is 0 Å². The van der Waals surface area contributed by atoms with Gasteiger partial charge in [0.15, 0.2) is 0 Å². The smallest absolute Gasteiger partial charge is 0.0673 e. The molecule has 18 heavy (non-hydrogen) atoms. The Morgan fingerprint density at radius 1 is 1.00 bits per heavy atom. The Labute approximate surface area is 131 Å². The summed E-state index contributed by atoms with van der Waals surface area (Å²) >= 11 is 10.6. The normalized spacial score (nSPS) is 10.4. The van der Waals surface area contributed by atoms with Gasteiger partial charge in [-0.2, -0.15) is 0 Å². The summed E-state index contributed by atoms with van der Waals surface area (Å²) in [5, 5.41) is 3.38. The second-order valence-electron chi connectivity index (χ2n) is 3.91. The third-order valence-corrected chi connectivity index (χ3v) is 4.56. The van der Waals surface area contributed by atoms with E-state index in [9.17, 15) is 0 Å². The van der Waals surface area contributed by atoms with Crippen LogP contribution in [0.1, 0.15) is 5.56 Å². The Hall–Kier alpha value is -0.520. The van der Waals surface area contributed by atoms with Crippen molar-refractivity contribution in [3.05, 3.63) is 49.3 Å². The highest BCUT2D eigenvalue weighted by Gasteiger charge is 2.08. The van der Waals surface area contributed by atoms with E-state index in [4.69, 9.17) is 5.73 Å². The fourth-order valence-electron chi connectivity index (χ4n) is 1.54. The van der Waals surface area contributed by atoms with Crippen LogP contribution in [0.5, 0.6) is 0 Å². The van der Waals surface area contributed by atoms with Crippen LogP contribution in [0.25, 0.3) is 0 Å². The number of nitrogens with one attached hydrogen (secondary N) is 1. The first-order valence-electron chi connectivity index (χ1n) is 5.25. The van der Waals surface area contributed by atoms with Gasteiger partial charge in [0.05, 0.1) is 11.4 Å². The molecule has 0 saturated carbocycles. The largest absolute Gasteiger partial charge is 0.398 e. The maximum absolute atomic E-state index is 5.87. The van der Waals surface area contributed by atoms with Crippen LogP contribution in [0.2, 0.25) is 0 Å². The van der Waals surface area contributed by atoms with E-state index in [1.807, 2.05) is 37.3 Å². The zero-order valence-electron chi connectivity index (χ0n) is 9.60. The van der Waals surface area contributed by atoms with E-state index in [0.29, 0.717) is 0 Å². The summed E-state index contributed by atoms with van der Waals surface area (Å²) in [6.45, 7) is 1.99. The van der Waals surface area contributed by atoms with Crippen LogP contribution >= 0.6 is 47.8 Å². The number of hydrogen-bond donors (Lipinski definition) is 2. The molecule has 0 aliphatic carbocycles. The van der Waals surface area contributed by atoms with Gasteiger partial charge in [-0.05, 0) is 84.5 Å². The van der Waals surface area contributed by atoms with E-state index in [0.717, 1.165) is 36.0 Å². The lowest BCUT2D eigenvalue weighted by molar-refractivity contribution is 1.42. The van der Waals surface area contributed by atoms with E-state index in [2.05, 4.69) is 53.1 Å². The van der Waals surface area contributed by atoms with Crippen molar-refractivity contribution in [1.82, 2.24) is 0 Å². The number of hydrogen-bond acceptors (Lipinski definition) is 2. The Morgan fingerprint density at radius 2 is 1.61 bits per heavy atom. The minimum atomic E-state index is 0.776. The number of rotatable bonds is 2. The van der Waals surface area contributed by atoms with Crippen molar-refractivity contribution < 1.29 is 0 Å². The van der Waals surface area contributed by atoms with Gasteiger partial charge in [0.2, 0.25) is 0 Å². The number of nitrogens with two attached hydrogens (primary N) is 1. The molecule has 2 aromatic carbocycles. The second-order valence-corrected chi connectivity index (χ2v) is 6.47. The highest BCUT2D eigenvalue weighted by molar-refractivity contribution is 9.11. The number of para-hydroxylation sites is 1. The molecule has 0 bridgehead atoms. The molecule has 0 aliphatic heterocycles. The lowest BCUT2D eigenvalue weighted by atomic mass is 10.2. The molecule has 0 atom stereocenters. The Kier molecular flexibility index (Phi) is 4.35. The Bertz CT molecular complexity index is 577. The van der Waals surface area contributed by atoms with Gasteiger partial charge in [0.25, 0.3) is 0 Å². The molecule has 2 nitrogen and oxygen atoms in total. The van der Waals surface area contributed by atoms with Crippen LogP contribution < -0.4 is 11.1 Å². The average molecular weight is 435 g/mol. The molecule has 0 aromatic heterocycles. The second kappa shape index (κ2) is 5.63. The first-order valence-corrected chi connectivity index (χ1v) is 7.63. The van der Waals surface area contributed by atoms with Crippen molar-refractivity contribution in [2.75, 3.05) is 11.1 Å². The summed E-state index contributed by atoms with van der Waals surface area (Å²) in [6.07, 6.45) is 0. The topological polar surface area (TPSA) is 38.0 Å². The summed E-state index contributed by atoms with van der Waals surface area (Å²) in [4.78, 5) is 0. The number of benzene rings is 2. The van der Waals surface area contributed by atoms with E-state index >= 15 is 0 Å². The van der Waals surface area contributed by atoms with E-state index in [1.165, 1.54) is 0 Å². The van der Waals surface area contributed by atoms with E-state index < -0.39 is 0 Å². The average Bonchev–Trinajstić information content (AvgIpc) is 2.30. The Balaban J connectivity index is 2.43. The summed E-state index contributed by atoms with van der Waals surface area (Å²) in [5.41, 5.74) is 9.66. The van der Waals surface area contributed by atoms with Crippen molar-refractivity contribution in [2.24, 2.45) is 0 Å². The van der Waals surface area contributed by atoms with Gasteiger partial charge >= 0.3 is 0 Å². The number of anilines is 3. The van der Waals surface area contributed by atoms with Crippen LogP contribution in [0, 0.1) is 6.92 Å². The van der Waals surface area contributed by atoms with Gasteiger partial charge in [-0.15, -0.1) is 0 Å². The van der Waals surface area contributed by atoms with E-state index in [-0.39, 0.29) is 0 Å². The van der Waals surface area contributed by atoms with Crippen molar-refractivity contribution in [1.29, 1.82) is 0 Å². The molecule has 2 aromatic rings. The van der Waals surface area contributed by atoms with Gasteiger partial charge in [0.1, 0.15) is 0 Å². The van der Waals surface area contributed by atoms with Crippen LogP contribution in [0.3, 0.4) is 0 Å². The molecule has 0 spiro atoms. The maximum atomic E-state index is 5.87. The lowest BCUT2D eigenvalue weighted by Crippen LogP contribution is -1.97. The van der Waals surface area contributed by atoms with Crippen molar-refractivity contribution in [2.45, 2.75) is 6.92 Å². The summed E-state index contributed by atoms with van der Waals surface area (Å²) in [6, 6.07) is 9.88. The number of aryl methyl sites for hydroxylation is 1. The molecule has 2 rings (SSSR count). The standard InChI is InChI=1S/C13H11Br3N2/c1-7-5-12(10(16)6-11(7)17)18-13-8(14)3-2-4-9(13)15/h2-6,18H,17H2,1H3. The van der Waals surface area contributed by atoms with Crippen molar-refractivity contribution in [3.63, 3.8) is 0 Å². The lowest BCUT2D eigenvalue weighted by Gasteiger charge is -2.14. The molecule has 0 amide bonds. The quantitative estimate of drug-likeness (QED) is 0.603. The molecule has 0 heterocycles. The zero-order valence-corrected chi connectivity index (χ0v) is 14.4. The molecule has 3 N–H and O–H groups in total. The third kappa shape index (κ3) is 2.90. The summed E-state index contributed by atoms with van der Waals surface area (Å²) in [5.74, 6) is 0. The Morgan fingerprint density at radius 3 is 2.22 bits per heavy atom. The molecule has 0 fully saturated rings. The molecule has 94 valence electrons. The van der Waals surface area contributed by atoms with Crippen LogP contribution in [-0.4, -0.2) is 0 Å². The fraction of sp³-hybridized carbons (Fsp3) is 0.0769. The van der Waals surface area contributed by atoms with Gasteiger partial charge in [-0.25, -0.2) is 0 Å². The third-order valence-electron chi connectivity index (χ3n) is 2.58. The highest BCUT2D eigenvalue weighted by Crippen LogP contribution is 2.36. The minimum Gasteiger partial charge on any atom is -0.398 e. The molecule has 5 heteroatoms. The highest BCUT2D eigenvalue weighted by atomic mass is 79.9. The molecular weight excluding hydrogens is 424 g/mol. The first kappa shape index (κ1) is 13.9. The predicted octanol–water partition coefficient (Wildman–Crippen LogP) is 5.61. The van der Waals surface area contributed by atoms with Crippen molar-refractivity contribution >= 4 is 64.9 Å². The summed E-state index contributed by atoms with van der Waals surface area (Å²) < 4.78 is 2.93. The maximum Gasteiger partial charge on any atom is 0.0673 e. The van der Waals surface area contributed by atoms with Gasteiger partial charge in [-0.3, -0.25) is 0 Å². The van der Waals surface area contributed by atoms with Crippen LogP contribution in [0.4, 0.5) is 17.1 Å². The number of nitrogen functional groups attached to an aromatic ring is 1. The zero-order chi connectivity index (χ0) is 13.3. The first-order chi connectivity index (χ1) is 8.49. The molecule has 0 radical (unpaired) electrons. The van der Waals surface area contributed by atoms with Crippen molar-refractivity contribution in [3.8, 4) is 0 Å². The fourth-order valence-corrected chi connectivity index (χ4v) is 3.20. The predicted molar refractivity (Wildman–Crippen MR) is 88.4 cm³/mol. The SMILES string of the molecule is Cc1cc(Nc2c(Br)cccc2Br)c(Br)cc1N. The molecule has 0 aliphatic rings.